The van der Waals surface area contributed by atoms with Crippen molar-refractivity contribution in [3.8, 4) is 0 Å². The number of allylic oxidation sites excluding steroid dienone is 1. The molecule has 1 unspecified atom stereocenters. The van der Waals surface area contributed by atoms with Gasteiger partial charge in [-0.2, -0.15) is 0 Å². The van der Waals surface area contributed by atoms with Gasteiger partial charge >= 0.3 is 0 Å². The number of carbonyl (C=O) groups excluding carboxylic acids is 2. The van der Waals surface area contributed by atoms with Crippen molar-refractivity contribution >= 4 is 33.7 Å². The van der Waals surface area contributed by atoms with Crippen LogP contribution in [0.5, 0.6) is 0 Å². The van der Waals surface area contributed by atoms with Crippen molar-refractivity contribution in [2.75, 3.05) is 6.54 Å². The highest BCUT2D eigenvalue weighted by Crippen LogP contribution is 2.38. The summed E-state index contributed by atoms with van der Waals surface area (Å²) >= 11 is 3.43. The molecule has 3 aromatic rings. The fraction of sp³-hybridized carbons (Fsp3) is 0.111. The van der Waals surface area contributed by atoms with Crippen molar-refractivity contribution < 1.29 is 14.7 Å². The summed E-state index contributed by atoms with van der Waals surface area (Å²) in [6.07, 6.45) is 3.73. The lowest BCUT2D eigenvalue weighted by Crippen LogP contribution is -2.33. The van der Waals surface area contributed by atoms with Crippen molar-refractivity contribution in [3.05, 3.63) is 124 Å². The summed E-state index contributed by atoms with van der Waals surface area (Å²) < 4.78 is 0.895. The van der Waals surface area contributed by atoms with E-state index in [2.05, 4.69) is 15.9 Å². The van der Waals surface area contributed by atoms with E-state index in [0.717, 1.165) is 21.2 Å². The third-order valence-electron chi connectivity index (χ3n) is 5.47. The molecule has 1 heterocycles. The van der Waals surface area contributed by atoms with Crippen molar-refractivity contribution in [2.24, 2.45) is 0 Å². The zero-order valence-electron chi connectivity index (χ0n) is 17.3. The molecule has 4 nitrogen and oxygen atoms in total. The number of halogens is 1. The van der Waals surface area contributed by atoms with E-state index < -0.39 is 17.7 Å². The van der Waals surface area contributed by atoms with Gasteiger partial charge < -0.3 is 10.0 Å². The summed E-state index contributed by atoms with van der Waals surface area (Å²) in [7, 11) is 0. The van der Waals surface area contributed by atoms with Crippen molar-refractivity contribution in [1.82, 2.24) is 4.90 Å². The molecule has 1 atom stereocenters. The Morgan fingerprint density at radius 2 is 1.56 bits per heavy atom. The standard InChI is InChI=1S/C27H22BrNO3/c28-22-14-12-21(13-15-22)25-24(23(30)16-11-19-7-3-1-4-8-19)26(31)27(32)29(25)18-17-20-9-5-2-6-10-20/h1-16,25,31H,17-18H2. The van der Waals surface area contributed by atoms with E-state index in [1.807, 2.05) is 84.9 Å². The lowest BCUT2D eigenvalue weighted by atomic mass is 9.95. The maximum atomic E-state index is 13.2. The van der Waals surface area contributed by atoms with Gasteiger partial charge in [-0.05, 0) is 41.3 Å². The van der Waals surface area contributed by atoms with E-state index in [9.17, 15) is 14.7 Å². The monoisotopic (exact) mass is 487 g/mol. The molecule has 0 aliphatic carbocycles. The number of nitrogens with zero attached hydrogens (tertiary/aromatic N) is 1. The summed E-state index contributed by atoms with van der Waals surface area (Å²) in [5, 5.41) is 10.7. The minimum absolute atomic E-state index is 0.109. The van der Waals surface area contributed by atoms with Crippen LogP contribution in [0.15, 0.2) is 107 Å². The van der Waals surface area contributed by atoms with Crippen molar-refractivity contribution in [2.45, 2.75) is 12.5 Å². The van der Waals surface area contributed by atoms with Gasteiger partial charge in [0.15, 0.2) is 11.5 Å². The Bertz CT molecular complexity index is 1170. The summed E-state index contributed by atoms with van der Waals surface area (Å²) in [5.74, 6) is -1.38. The lowest BCUT2D eigenvalue weighted by molar-refractivity contribution is -0.129. The second-order valence-corrected chi connectivity index (χ2v) is 8.47. The Kier molecular flexibility index (Phi) is 6.66. The average Bonchev–Trinajstić information content (AvgIpc) is 3.08. The van der Waals surface area contributed by atoms with Gasteiger partial charge in [0.2, 0.25) is 0 Å². The number of aliphatic hydroxyl groups excluding tert-OH is 1. The van der Waals surface area contributed by atoms with Crippen LogP contribution in [-0.4, -0.2) is 28.2 Å². The fourth-order valence-corrected chi connectivity index (χ4v) is 4.11. The number of ketones is 1. The van der Waals surface area contributed by atoms with Gasteiger partial charge in [-0.25, -0.2) is 0 Å². The predicted molar refractivity (Wildman–Crippen MR) is 129 cm³/mol. The highest BCUT2D eigenvalue weighted by atomic mass is 79.9. The number of benzene rings is 3. The molecule has 3 aromatic carbocycles. The van der Waals surface area contributed by atoms with Gasteiger partial charge in [0.05, 0.1) is 11.6 Å². The normalized spacial score (nSPS) is 16.2. The third kappa shape index (κ3) is 4.73. The molecule has 0 bridgehead atoms. The number of rotatable bonds is 7. The molecule has 160 valence electrons. The molecule has 0 saturated heterocycles. The molecule has 1 N–H and O–H groups in total. The van der Waals surface area contributed by atoms with Crippen LogP contribution in [0.1, 0.15) is 22.7 Å². The first kappa shape index (κ1) is 21.8. The second kappa shape index (κ2) is 9.79. The Morgan fingerprint density at radius 1 is 0.938 bits per heavy atom. The maximum Gasteiger partial charge on any atom is 0.290 e. The molecule has 5 heteroatoms. The number of aliphatic hydroxyl groups is 1. The first-order valence-corrected chi connectivity index (χ1v) is 11.1. The first-order chi connectivity index (χ1) is 15.5. The molecule has 0 fully saturated rings. The van der Waals surface area contributed by atoms with Crippen molar-refractivity contribution in [1.29, 1.82) is 0 Å². The third-order valence-corrected chi connectivity index (χ3v) is 5.99. The van der Waals surface area contributed by atoms with Crippen LogP contribution in [0.25, 0.3) is 6.08 Å². The van der Waals surface area contributed by atoms with Crippen LogP contribution in [0, 0.1) is 0 Å². The van der Waals surface area contributed by atoms with Gasteiger partial charge in [-0.15, -0.1) is 0 Å². The van der Waals surface area contributed by atoms with Crippen molar-refractivity contribution in [3.63, 3.8) is 0 Å². The Balaban J connectivity index is 1.66. The quantitative estimate of drug-likeness (QED) is 0.436. The molecule has 4 rings (SSSR count). The van der Waals surface area contributed by atoms with Crippen LogP contribution >= 0.6 is 15.9 Å². The average molecular weight is 488 g/mol. The van der Waals surface area contributed by atoms with Gasteiger partial charge in [0.25, 0.3) is 5.91 Å². The maximum absolute atomic E-state index is 13.2. The van der Waals surface area contributed by atoms with E-state index in [1.165, 1.54) is 6.08 Å². The molecule has 0 aromatic heterocycles. The molecule has 0 radical (unpaired) electrons. The number of hydrogen-bond acceptors (Lipinski definition) is 3. The Morgan fingerprint density at radius 3 is 2.22 bits per heavy atom. The molecule has 1 amide bonds. The summed E-state index contributed by atoms with van der Waals surface area (Å²) in [4.78, 5) is 27.7. The minimum atomic E-state index is -0.646. The number of hydrogen-bond donors (Lipinski definition) is 1. The topological polar surface area (TPSA) is 57.6 Å². The molecule has 0 spiro atoms. The van der Waals surface area contributed by atoms with E-state index >= 15 is 0 Å². The minimum Gasteiger partial charge on any atom is -0.503 e. The zero-order valence-corrected chi connectivity index (χ0v) is 18.9. The van der Waals surface area contributed by atoms with E-state index in [0.29, 0.717) is 13.0 Å². The first-order valence-electron chi connectivity index (χ1n) is 10.4. The SMILES string of the molecule is O=C(C=Cc1ccccc1)C1=C(O)C(=O)N(CCc2ccccc2)C1c1ccc(Br)cc1. The Labute approximate surface area is 195 Å². The van der Waals surface area contributed by atoms with Crippen LogP contribution in [0.4, 0.5) is 0 Å². The largest absolute Gasteiger partial charge is 0.503 e. The Hall–Kier alpha value is -3.44. The lowest BCUT2D eigenvalue weighted by Gasteiger charge is -2.26. The molecule has 0 saturated carbocycles. The summed E-state index contributed by atoms with van der Waals surface area (Å²) in [5.41, 5.74) is 2.83. The van der Waals surface area contributed by atoms with Gasteiger partial charge in [0, 0.05) is 11.0 Å². The smallest absolute Gasteiger partial charge is 0.290 e. The van der Waals surface area contributed by atoms with Gasteiger partial charge in [-0.1, -0.05) is 94.8 Å². The van der Waals surface area contributed by atoms with Gasteiger partial charge in [0.1, 0.15) is 0 Å². The summed E-state index contributed by atoms with van der Waals surface area (Å²) in [6, 6.07) is 26.1. The molecule has 1 aliphatic heterocycles. The van der Waals surface area contributed by atoms with E-state index in [4.69, 9.17) is 0 Å². The van der Waals surface area contributed by atoms with Crippen LogP contribution in [0.3, 0.4) is 0 Å². The van der Waals surface area contributed by atoms with Crippen LogP contribution in [-0.2, 0) is 16.0 Å². The zero-order chi connectivity index (χ0) is 22.5. The summed E-state index contributed by atoms with van der Waals surface area (Å²) in [6.45, 7) is 0.382. The highest BCUT2D eigenvalue weighted by molar-refractivity contribution is 9.10. The van der Waals surface area contributed by atoms with Crippen LogP contribution in [0.2, 0.25) is 0 Å². The van der Waals surface area contributed by atoms with E-state index in [-0.39, 0.29) is 11.4 Å². The second-order valence-electron chi connectivity index (χ2n) is 7.56. The number of amides is 1. The van der Waals surface area contributed by atoms with E-state index in [1.54, 1.807) is 11.0 Å². The number of carbonyl (C=O) groups is 2. The highest BCUT2D eigenvalue weighted by Gasteiger charge is 2.42. The molecule has 1 aliphatic rings. The van der Waals surface area contributed by atoms with Gasteiger partial charge in [-0.3, -0.25) is 9.59 Å². The molecular weight excluding hydrogens is 466 g/mol. The fourth-order valence-electron chi connectivity index (χ4n) is 3.85. The molecule has 32 heavy (non-hydrogen) atoms. The predicted octanol–water partition coefficient (Wildman–Crippen LogP) is 5.67. The van der Waals surface area contributed by atoms with Crippen LogP contribution < -0.4 is 0 Å². The molecular formula is C27H22BrNO3.